The summed E-state index contributed by atoms with van der Waals surface area (Å²) >= 11 is 3.28. The molecule has 3 nitrogen and oxygen atoms in total. The van der Waals surface area contributed by atoms with Crippen molar-refractivity contribution in [1.82, 2.24) is 9.78 Å². The summed E-state index contributed by atoms with van der Waals surface area (Å²) < 4.78 is 15.5. The van der Waals surface area contributed by atoms with Crippen LogP contribution in [0.15, 0.2) is 28.9 Å². The van der Waals surface area contributed by atoms with Crippen molar-refractivity contribution in [1.29, 1.82) is 0 Å². The van der Waals surface area contributed by atoms with Gasteiger partial charge < -0.3 is 5.73 Å². The topological polar surface area (TPSA) is 43.8 Å². The molecule has 0 atom stereocenters. The Morgan fingerprint density at radius 2 is 2.25 bits per heavy atom. The van der Waals surface area contributed by atoms with Gasteiger partial charge in [0, 0.05) is 6.20 Å². The smallest absolute Gasteiger partial charge is 0.159 e. The quantitative estimate of drug-likeness (QED) is 0.921. The molecule has 0 bridgehead atoms. The van der Waals surface area contributed by atoms with Crippen LogP contribution in [0.4, 0.5) is 10.2 Å². The van der Waals surface area contributed by atoms with Gasteiger partial charge >= 0.3 is 0 Å². The number of nitrogen functional groups attached to an aromatic ring is 1. The summed E-state index contributed by atoms with van der Waals surface area (Å²) in [5, 5.41) is 4.10. The zero-order valence-electron chi connectivity index (χ0n) is 8.74. The molecule has 0 fully saturated rings. The maximum absolute atomic E-state index is 13.1. The van der Waals surface area contributed by atoms with E-state index >= 15 is 0 Å². The molecular formula is C11H11BrFN3. The Morgan fingerprint density at radius 3 is 2.88 bits per heavy atom. The Bertz CT molecular complexity index is 502. The first-order valence-electron chi connectivity index (χ1n) is 4.79. The largest absolute Gasteiger partial charge is 0.381 e. The molecule has 0 radical (unpaired) electrons. The number of nitrogens with two attached hydrogens (primary N) is 1. The number of anilines is 1. The minimum Gasteiger partial charge on any atom is -0.381 e. The van der Waals surface area contributed by atoms with Crippen LogP contribution in [0.25, 0.3) is 0 Å². The first-order chi connectivity index (χ1) is 7.56. The third-order valence-electron chi connectivity index (χ3n) is 2.39. The second-order valence-electron chi connectivity index (χ2n) is 3.63. The highest BCUT2D eigenvalue weighted by molar-refractivity contribution is 9.10. The highest BCUT2D eigenvalue weighted by atomic mass is 79.9. The molecule has 0 aliphatic heterocycles. The Labute approximate surface area is 101 Å². The predicted octanol–water partition coefficient (Wildman–Crippen LogP) is 2.72. The molecule has 0 amide bonds. The van der Waals surface area contributed by atoms with Gasteiger partial charge in [0.25, 0.3) is 0 Å². The van der Waals surface area contributed by atoms with Crippen molar-refractivity contribution in [2.24, 2.45) is 0 Å². The van der Waals surface area contributed by atoms with Crippen LogP contribution in [-0.2, 0) is 6.54 Å². The van der Waals surface area contributed by atoms with Gasteiger partial charge in [0.1, 0.15) is 5.82 Å². The molecule has 0 aliphatic rings. The normalized spacial score (nSPS) is 10.7. The summed E-state index contributed by atoms with van der Waals surface area (Å²) in [6, 6.07) is 4.72. The monoisotopic (exact) mass is 283 g/mol. The summed E-state index contributed by atoms with van der Waals surface area (Å²) in [6.45, 7) is 2.45. The number of nitrogens with zero attached hydrogens (tertiary/aromatic N) is 2. The van der Waals surface area contributed by atoms with Crippen molar-refractivity contribution < 1.29 is 4.39 Å². The van der Waals surface area contributed by atoms with E-state index in [1.807, 2.05) is 6.92 Å². The molecule has 1 heterocycles. The van der Waals surface area contributed by atoms with E-state index in [0.717, 1.165) is 15.6 Å². The average Bonchev–Trinajstić information content (AvgIpc) is 2.52. The molecule has 0 saturated carbocycles. The first-order valence-corrected chi connectivity index (χ1v) is 5.59. The third-order valence-corrected chi connectivity index (χ3v) is 3.00. The fourth-order valence-corrected chi connectivity index (χ4v) is 1.79. The Balaban J connectivity index is 2.29. The maximum Gasteiger partial charge on any atom is 0.159 e. The lowest BCUT2D eigenvalue weighted by atomic mass is 10.1. The fourth-order valence-electron chi connectivity index (χ4n) is 1.48. The molecule has 2 aromatic rings. The van der Waals surface area contributed by atoms with Gasteiger partial charge in [-0.2, -0.15) is 5.10 Å². The molecule has 84 valence electrons. The fraction of sp³-hybridized carbons (Fsp3) is 0.182. The van der Waals surface area contributed by atoms with Crippen molar-refractivity contribution in [3.63, 3.8) is 0 Å². The number of aromatic nitrogens is 2. The molecule has 1 aromatic carbocycles. The Kier molecular flexibility index (Phi) is 2.96. The molecule has 0 saturated heterocycles. The van der Waals surface area contributed by atoms with Gasteiger partial charge in [-0.15, -0.1) is 0 Å². The third kappa shape index (κ3) is 2.24. The lowest BCUT2D eigenvalue weighted by Crippen LogP contribution is -2.03. The van der Waals surface area contributed by atoms with Gasteiger partial charge in [0.15, 0.2) is 5.82 Å². The molecule has 16 heavy (non-hydrogen) atoms. The number of halogens is 2. The molecule has 5 heteroatoms. The van der Waals surface area contributed by atoms with E-state index in [-0.39, 0.29) is 5.82 Å². The van der Waals surface area contributed by atoms with Crippen molar-refractivity contribution >= 4 is 21.7 Å². The molecule has 1 aromatic heterocycles. The zero-order chi connectivity index (χ0) is 11.7. The lowest BCUT2D eigenvalue weighted by Gasteiger charge is -2.05. The maximum atomic E-state index is 13.1. The average molecular weight is 284 g/mol. The van der Waals surface area contributed by atoms with Crippen LogP contribution in [0.3, 0.4) is 0 Å². The molecule has 0 spiro atoms. The standard InChI is InChI=1S/C11H11BrFN3/c1-7-2-3-9(13)4-8(7)5-16-6-10(12)11(14)15-16/h2-4,6H,5H2,1H3,(H2,14,15). The molecule has 2 N–H and O–H groups in total. The summed E-state index contributed by atoms with van der Waals surface area (Å²) in [5.41, 5.74) is 7.54. The second kappa shape index (κ2) is 4.25. The second-order valence-corrected chi connectivity index (χ2v) is 4.49. The number of rotatable bonds is 2. The SMILES string of the molecule is Cc1ccc(F)cc1Cn1cc(Br)c(N)n1. The van der Waals surface area contributed by atoms with Crippen molar-refractivity contribution in [2.75, 3.05) is 5.73 Å². The van der Waals surface area contributed by atoms with Gasteiger partial charge in [-0.3, -0.25) is 4.68 Å². The number of aryl methyl sites for hydroxylation is 1. The van der Waals surface area contributed by atoms with Crippen LogP contribution >= 0.6 is 15.9 Å². The predicted molar refractivity (Wildman–Crippen MR) is 64.6 cm³/mol. The Morgan fingerprint density at radius 1 is 1.50 bits per heavy atom. The van der Waals surface area contributed by atoms with Crippen LogP contribution in [0.2, 0.25) is 0 Å². The lowest BCUT2D eigenvalue weighted by molar-refractivity contribution is 0.618. The number of hydrogen-bond donors (Lipinski definition) is 1. The van der Waals surface area contributed by atoms with Crippen LogP contribution in [-0.4, -0.2) is 9.78 Å². The van der Waals surface area contributed by atoms with Crippen molar-refractivity contribution in [3.05, 3.63) is 45.8 Å². The number of benzene rings is 1. The highest BCUT2D eigenvalue weighted by Gasteiger charge is 2.05. The molecular weight excluding hydrogens is 273 g/mol. The van der Waals surface area contributed by atoms with Gasteiger partial charge in [-0.25, -0.2) is 4.39 Å². The highest BCUT2D eigenvalue weighted by Crippen LogP contribution is 2.18. The van der Waals surface area contributed by atoms with Gasteiger partial charge in [-0.1, -0.05) is 6.07 Å². The summed E-state index contributed by atoms with van der Waals surface area (Å²) in [4.78, 5) is 0. The van der Waals surface area contributed by atoms with Crippen LogP contribution in [0.1, 0.15) is 11.1 Å². The van der Waals surface area contributed by atoms with Crippen LogP contribution < -0.4 is 5.73 Å². The summed E-state index contributed by atoms with van der Waals surface area (Å²) in [6.07, 6.45) is 1.78. The van der Waals surface area contributed by atoms with E-state index in [9.17, 15) is 4.39 Å². The molecule has 0 unspecified atom stereocenters. The minimum atomic E-state index is -0.236. The van der Waals surface area contributed by atoms with Crippen molar-refractivity contribution in [2.45, 2.75) is 13.5 Å². The van der Waals surface area contributed by atoms with E-state index in [1.54, 1.807) is 16.9 Å². The van der Waals surface area contributed by atoms with E-state index in [2.05, 4.69) is 21.0 Å². The van der Waals surface area contributed by atoms with E-state index in [0.29, 0.717) is 12.4 Å². The number of hydrogen-bond acceptors (Lipinski definition) is 2. The van der Waals surface area contributed by atoms with E-state index in [4.69, 9.17) is 5.73 Å². The zero-order valence-corrected chi connectivity index (χ0v) is 10.3. The summed E-state index contributed by atoms with van der Waals surface area (Å²) in [5.74, 6) is 0.203. The molecule has 2 rings (SSSR count). The first kappa shape index (κ1) is 11.1. The van der Waals surface area contributed by atoms with E-state index in [1.165, 1.54) is 12.1 Å². The van der Waals surface area contributed by atoms with Gasteiger partial charge in [0.05, 0.1) is 11.0 Å². The summed E-state index contributed by atoms with van der Waals surface area (Å²) in [7, 11) is 0. The van der Waals surface area contributed by atoms with Crippen LogP contribution in [0.5, 0.6) is 0 Å². The van der Waals surface area contributed by atoms with E-state index < -0.39 is 0 Å². The molecule has 0 aliphatic carbocycles. The minimum absolute atomic E-state index is 0.236. The van der Waals surface area contributed by atoms with Crippen molar-refractivity contribution in [3.8, 4) is 0 Å². The Hall–Kier alpha value is -1.36. The van der Waals surface area contributed by atoms with Gasteiger partial charge in [0.2, 0.25) is 0 Å². The van der Waals surface area contributed by atoms with Crippen LogP contribution in [0, 0.1) is 12.7 Å². The van der Waals surface area contributed by atoms with Gasteiger partial charge in [-0.05, 0) is 46.1 Å².